The van der Waals surface area contributed by atoms with Gasteiger partial charge in [-0.25, -0.2) is 4.79 Å². The molecule has 0 aromatic heterocycles. The Bertz CT molecular complexity index is 1640. The molecule has 1 saturated carbocycles. The van der Waals surface area contributed by atoms with Crippen molar-refractivity contribution in [3.05, 3.63) is 0 Å². The number of carboxylic acids is 1. The standard InChI is InChI=1S/C38H60N8O14/c1-19(2)14-24(36(58)59)42-33(55)25(17-47)44-32(54)23(12-13-28(39)51)41-35(57)30(21-8-5-4-6-9-21)45-34(56)26(18-48)43-31(53)20(3)40-37(60)38-15-22(49)16-46(38)29(52)11-7-10-27(38)50/h19-26,30,47-49H,4-18H2,1-3H3,(H2,39,51)(H,40,60)(H,41,57)(H,42,55)(H,43,53)(H,44,54)(H,45,56)(H,58,59)/t20-,22?,23-,24-,25-,26-,30?,38+/m0/s1. The van der Waals surface area contributed by atoms with Crippen LogP contribution in [0.4, 0.5) is 0 Å². The third kappa shape index (κ3) is 12.9. The van der Waals surface area contributed by atoms with E-state index in [4.69, 9.17) is 5.73 Å². The summed E-state index contributed by atoms with van der Waals surface area (Å²) in [5.41, 5.74) is 3.29. The lowest BCUT2D eigenvalue weighted by atomic mass is 9.83. The molecule has 2 heterocycles. The van der Waals surface area contributed by atoms with E-state index in [-0.39, 0.29) is 51.0 Å². The highest BCUT2D eigenvalue weighted by molar-refractivity contribution is 6.15. The first kappa shape index (κ1) is 49.1. The third-order valence-corrected chi connectivity index (χ3v) is 11.0. The Kier molecular flexibility index (Phi) is 18.3. The second kappa shape index (κ2) is 22.4. The topological polar surface area (TPSA) is 353 Å². The number of aliphatic hydroxyl groups excluding tert-OH is 3. The molecule has 0 aromatic carbocycles. The molecule has 2 aliphatic heterocycles. The van der Waals surface area contributed by atoms with Gasteiger partial charge in [0, 0.05) is 32.2 Å². The van der Waals surface area contributed by atoms with Crippen molar-refractivity contribution in [1.29, 1.82) is 0 Å². The predicted octanol–water partition coefficient (Wildman–Crippen LogP) is -4.04. The number of carbonyl (C=O) groups excluding carboxylic acids is 9. The molecule has 22 nitrogen and oxygen atoms in total. The maximum Gasteiger partial charge on any atom is 0.326 e. The first-order valence-electron chi connectivity index (χ1n) is 20.3. The van der Waals surface area contributed by atoms with Gasteiger partial charge in [0.1, 0.15) is 36.3 Å². The quantitative estimate of drug-likeness (QED) is 0.0490. The lowest BCUT2D eigenvalue weighted by Gasteiger charge is -2.35. The first-order chi connectivity index (χ1) is 28.2. The Balaban J connectivity index is 1.76. The van der Waals surface area contributed by atoms with E-state index in [0.717, 1.165) is 11.3 Å². The molecule has 0 bridgehead atoms. The first-order valence-corrected chi connectivity index (χ1v) is 20.3. The van der Waals surface area contributed by atoms with Gasteiger partial charge in [-0.2, -0.15) is 0 Å². The summed E-state index contributed by atoms with van der Waals surface area (Å²) in [7, 11) is 0. The normalized spacial score (nSPS) is 22.4. The van der Waals surface area contributed by atoms with Crippen molar-refractivity contribution in [3.8, 4) is 0 Å². The number of ketones is 1. The molecule has 12 N–H and O–H groups in total. The molecule has 2 unspecified atom stereocenters. The van der Waals surface area contributed by atoms with Gasteiger partial charge in [0.25, 0.3) is 5.91 Å². The fraction of sp³-hybridized carbons (Fsp3) is 0.737. The fourth-order valence-corrected chi connectivity index (χ4v) is 7.78. The number of nitrogens with two attached hydrogens (primary N) is 1. The number of carboxylic acid groups (broad SMARTS) is 1. The van der Waals surface area contributed by atoms with Crippen LogP contribution in [0.25, 0.3) is 0 Å². The largest absolute Gasteiger partial charge is 0.480 e. The summed E-state index contributed by atoms with van der Waals surface area (Å²) in [5, 5.41) is 54.2. The van der Waals surface area contributed by atoms with Gasteiger partial charge in [0.2, 0.25) is 41.4 Å². The average Bonchev–Trinajstić information content (AvgIpc) is 3.51. The van der Waals surface area contributed by atoms with E-state index in [1.165, 1.54) is 6.92 Å². The number of hydrogen-bond acceptors (Lipinski definition) is 13. The van der Waals surface area contributed by atoms with Crippen LogP contribution in [0.3, 0.4) is 0 Å². The van der Waals surface area contributed by atoms with Gasteiger partial charge < -0.3 is 63.0 Å². The van der Waals surface area contributed by atoms with Crippen molar-refractivity contribution in [3.63, 3.8) is 0 Å². The zero-order valence-electron chi connectivity index (χ0n) is 34.2. The summed E-state index contributed by atoms with van der Waals surface area (Å²) in [6.45, 7) is 2.53. The van der Waals surface area contributed by atoms with Gasteiger partial charge in [-0.1, -0.05) is 33.1 Å². The Morgan fingerprint density at radius 1 is 0.733 bits per heavy atom. The van der Waals surface area contributed by atoms with Gasteiger partial charge in [-0.05, 0) is 50.9 Å². The van der Waals surface area contributed by atoms with Crippen LogP contribution in [0.1, 0.15) is 97.8 Å². The minimum Gasteiger partial charge on any atom is -0.480 e. The highest BCUT2D eigenvalue weighted by Gasteiger charge is 2.58. The van der Waals surface area contributed by atoms with Crippen molar-refractivity contribution >= 4 is 59.0 Å². The van der Waals surface area contributed by atoms with Gasteiger partial charge in [-0.3, -0.25) is 43.2 Å². The van der Waals surface area contributed by atoms with Crippen molar-refractivity contribution in [2.75, 3.05) is 19.8 Å². The molecule has 336 valence electrons. The maximum atomic E-state index is 14.0. The van der Waals surface area contributed by atoms with E-state index in [9.17, 15) is 68.4 Å². The highest BCUT2D eigenvalue weighted by Crippen LogP contribution is 2.36. The molecule has 0 spiro atoms. The number of aliphatic hydroxyl groups is 3. The molecule has 3 aliphatic rings. The number of β-amino-alcohol motifs (C(OH)–C–C–N with tert-alkyl or cyclic N) is 1. The molecule has 2 saturated heterocycles. The number of carbonyl (C=O) groups is 10. The van der Waals surface area contributed by atoms with E-state index in [1.54, 1.807) is 13.8 Å². The van der Waals surface area contributed by atoms with Crippen LogP contribution < -0.4 is 37.6 Å². The lowest BCUT2D eigenvalue weighted by molar-refractivity contribution is -0.151. The van der Waals surface area contributed by atoms with Crippen molar-refractivity contribution in [2.24, 2.45) is 17.6 Å². The summed E-state index contributed by atoms with van der Waals surface area (Å²) in [6, 6.07) is -9.00. The second-order valence-electron chi connectivity index (χ2n) is 16.2. The Hall–Kier alpha value is -5.22. The lowest BCUT2D eigenvalue weighted by Crippen LogP contribution is -2.64. The highest BCUT2D eigenvalue weighted by atomic mass is 16.4. The van der Waals surface area contributed by atoms with E-state index in [2.05, 4.69) is 31.9 Å². The Morgan fingerprint density at radius 2 is 1.28 bits per heavy atom. The van der Waals surface area contributed by atoms with Gasteiger partial charge in [0.15, 0.2) is 11.3 Å². The minimum absolute atomic E-state index is 0.00393. The van der Waals surface area contributed by atoms with Crippen LogP contribution in [0.5, 0.6) is 0 Å². The van der Waals surface area contributed by atoms with E-state index >= 15 is 0 Å². The number of aliphatic carboxylic acids is 1. The van der Waals surface area contributed by atoms with E-state index in [1.807, 2.05) is 0 Å². The number of nitrogens with zero attached hydrogens (tertiary/aromatic N) is 1. The third-order valence-electron chi connectivity index (χ3n) is 11.0. The average molecular weight is 853 g/mol. The van der Waals surface area contributed by atoms with Crippen LogP contribution in [0.15, 0.2) is 0 Å². The van der Waals surface area contributed by atoms with Gasteiger partial charge >= 0.3 is 5.97 Å². The predicted molar refractivity (Wildman–Crippen MR) is 207 cm³/mol. The minimum atomic E-state index is -2.02. The number of nitrogens with one attached hydrogen (secondary N) is 6. The summed E-state index contributed by atoms with van der Waals surface area (Å²) in [4.78, 5) is 131. The molecule has 0 radical (unpaired) electrons. The monoisotopic (exact) mass is 852 g/mol. The number of fused-ring (bicyclic) bond motifs is 1. The van der Waals surface area contributed by atoms with Crippen molar-refractivity contribution in [2.45, 2.75) is 146 Å². The number of primary amides is 1. The van der Waals surface area contributed by atoms with Crippen LogP contribution in [-0.2, 0) is 47.9 Å². The fourth-order valence-electron chi connectivity index (χ4n) is 7.78. The Morgan fingerprint density at radius 3 is 1.85 bits per heavy atom. The molecule has 0 aromatic rings. The molecule has 22 heteroatoms. The van der Waals surface area contributed by atoms with Crippen molar-refractivity contribution in [1.82, 2.24) is 36.8 Å². The summed E-state index contributed by atoms with van der Waals surface area (Å²) < 4.78 is 0. The van der Waals surface area contributed by atoms with Crippen LogP contribution in [0, 0.1) is 11.8 Å². The van der Waals surface area contributed by atoms with Crippen LogP contribution in [0.2, 0.25) is 0 Å². The molecule has 8 amide bonds. The molecule has 3 rings (SSSR count). The molecule has 60 heavy (non-hydrogen) atoms. The van der Waals surface area contributed by atoms with E-state index < -0.39 is 132 Å². The van der Waals surface area contributed by atoms with Gasteiger partial charge in [0.05, 0.1) is 19.3 Å². The molecule has 1 aliphatic carbocycles. The smallest absolute Gasteiger partial charge is 0.326 e. The summed E-state index contributed by atoms with van der Waals surface area (Å²) >= 11 is 0. The summed E-state index contributed by atoms with van der Waals surface area (Å²) in [6.07, 6.45) is 0.948. The van der Waals surface area contributed by atoms with Gasteiger partial charge in [-0.15, -0.1) is 0 Å². The Labute approximate surface area is 346 Å². The number of rotatable bonds is 21. The zero-order valence-corrected chi connectivity index (χ0v) is 34.2. The maximum absolute atomic E-state index is 14.0. The molecule has 8 atom stereocenters. The second-order valence-corrected chi connectivity index (χ2v) is 16.2. The number of hydrogen-bond donors (Lipinski definition) is 11. The summed E-state index contributed by atoms with van der Waals surface area (Å²) in [5.74, 6) is -9.84. The molecule has 3 fully saturated rings. The SMILES string of the molecule is CC(C)C[C@H](NC(=O)[C@H](CO)NC(=O)[C@H](CCC(N)=O)NC(=O)C(NC(=O)[C@H](CO)NC(=O)[C@H](C)NC(=O)[C@]12CC(O)CN1C(=O)CCCC2=O)C1CCCCC1)C(=O)O. The molecular weight excluding hydrogens is 792 g/mol. The molecular formula is C38H60N8O14. The van der Waals surface area contributed by atoms with Crippen molar-refractivity contribution < 1.29 is 68.4 Å². The number of Topliss-reactive ketones (excluding diaryl/α,β-unsaturated/α-hetero) is 1. The van der Waals surface area contributed by atoms with Crippen LogP contribution in [-0.4, -0.2) is 152 Å². The number of amides is 8. The van der Waals surface area contributed by atoms with Crippen LogP contribution >= 0.6 is 0 Å². The zero-order chi connectivity index (χ0) is 44.9. The van der Waals surface area contributed by atoms with E-state index in [0.29, 0.717) is 25.7 Å².